The number of aliphatic carboxylic acids is 1. The van der Waals surface area contributed by atoms with E-state index in [0.717, 1.165) is 22.6 Å². The SMILES string of the molecule is Cc1ccc(OCCCON=C(N)N)cc1.Cc1ccc(SNCC(=O)O)cc1Cl. The number of hydrogen-bond donors (Lipinski definition) is 4. The molecule has 0 aromatic heterocycles. The van der Waals surface area contributed by atoms with Crippen LogP contribution in [0.15, 0.2) is 52.5 Å². The lowest BCUT2D eigenvalue weighted by atomic mass is 10.2. The molecule has 0 fully saturated rings. The lowest BCUT2D eigenvalue weighted by Gasteiger charge is -2.05. The van der Waals surface area contributed by atoms with Crippen LogP contribution in [0.25, 0.3) is 0 Å². The summed E-state index contributed by atoms with van der Waals surface area (Å²) in [6.07, 6.45) is 0.727. The van der Waals surface area contributed by atoms with Crippen molar-refractivity contribution in [3.63, 3.8) is 0 Å². The van der Waals surface area contributed by atoms with Gasteiger partial charge in [-0.05, 0) is 60.8 Å². The summed E-state index contributed by atoms with van der Waals surface area (Å²) in [6.45, 7) is 4.89. The number of nitrogens with zero attached hydrogens (tertiary/aromatic N) is 1. The number of guanidine groups is 1. The Morgan fingerprint density at radius 3 is 2.47 bits per heavy atom. The number of hydrogen-bond acceptors (Lipinski definition) is 6. The molecular weight excluding hydrogens is 428 g/mol. The van der Waals surface area contributed by atoms with Crippen LogP contribution in [0.5, 0.6) is 5.75 Å². The first kappa shape index (κ1) is 25.4. The lowest BCUT2D eigenvalue weighted by Crippen LogP contribution is -2.23. The molecule has 2 rings (SSSR count). The molecule has 0 aliphatic heterocycles. The highest BCUT2D eigenvalue weighted by atomic mass is 35.5. The highest BCUT2D eigenvalue weighted by Gasteiger charge is 2.00. The first-order valence-corrected chi connectivity index (χ1v) is 10.3. The Balaban J connectivity index is 0.000000303. The zero-order chi connectivity index (χ0) is 22.4. The molecule has 6 N–H and O–H groups in total. The van der Waals surface area contributed by atoms with Gasteiger partial charge in [0.05, 0.1) is 6.61 Å². The molecular formula is C20H27ClN4O4S. The maximum atomic E-state index is 10.2. The molecule has 0 atom stereocenters. The topological polar surface area (TPSA) is 132 Å². The van der Waals surface area contributed by atoms with Crippen molar-refractivity contribution in [2.45, 2.75) is 25.2 Å². The van der Waals surface area contributed by atoms with Gasteiger partial charge in [0.2, 0.25) is 5.96 Å². The fourth-order valence-electron chi connectivity index (χ4n) is 1.89. The molecule has 0 aliphatic carbocycles. The highest BCUT2D eigenvalue weighted by molar-refractivity contribution is 7.97. The largest absolute Gasteiger partial charge is 0.493 e. The van der Waals surface area contributed by atoms with Crippen molar-refractivity contribution in [3.05, 3.63) is 58.6 Å². The first-order chi connectivity index (χ1) is 14.3. The summed E-state index contributed by atoms with van der Waals surface area (Å²) in [4.78, 5) is 15.9. The van der Waals surface area contributed by atoms with Crippen molar-refractivity contribution in [1.82, 2.24) is 4.72 Å². The number of nitrogens with two attached hydrogens (primary N) is 2. The molecule has 30 heavy (non-hydrogen) atoms. The minimum Gasteiger partial charge on any atom is -0.493 e. The van der Waals surface area contributed by atoms with Gasteiger partial charge in [0.25, 0.3) is 0 Å². The molecule has 0 spiro atoms. The van der Waals surface area contributed by atoms with Crippen molar-refractivity contribution in [2.75, 3.05) is 19.8 Å². The van der Waals surface area contributed by atoms with Gasteiger partial charge in [-0.15, -0.1) is 0 Å². The molecule has 2 aromatic rings. The van der Waals surface area contributed by atoms with Gasteiger partial charge >= 0.3 is 5.97 Å². The van der Waals surface area contributed by atoms with E-state index in [0.29, 0.717) is 18.2 Å². The van der Waals surface area contributed by atoms with Crippen molar-refractivity contribution in [2.24, 2.45) is 16.6 Å². The number of ether oxygens (including phenoxy) is 1. The van der Waals surface area contributed by atoms with Crippen LogP contribution in [-0.2, 0) is 9.63 Å². The first-order valence-electron chi connectivity index (χ1n) is 9.06. The summed E-state index contributed by atoms with van der Waals surface area (Å²) in [5.41, 5.74) is 12.4. The number of rotatable bonds is 10. The molecule has 0 radical (unpaired) electrons. The van der Waals surface area contributed by atoms with Crippen molar-refractivity contribution >= 4 is 35.5 Å². The monoisotopic (exact) mass is 454 g/mol. The molecule has 0 saturated carbocycles. The third kappa shape index (κ3) is 12.1. The minimum absolute atomic E-state index is 0.0700. The number of carbonyl (C=O) groups is 1. The molecule has 0 bridgehead atoms. The maximum absolute atomic E-state index is 10.2. The van der Waals surface area contributed by atoms with Crippen LogP contribution in [0.3, 0.4) is 0 Å². The van der Waals surface area contributed by atoms with Crippen LogP contribution in [0.2, 0.25) is 5.02 Å². The number of carboxylic acids is 1. The van der Waals surface area contributed by atoms with Gasteiger partial charge in [0.1, 0.15) is 18.9 Å². The Morgan fingerprint density at radius 1 is 1.17 bits per heavy atom. The van der Waals surface area contributed by atoms with Gasteiger partial charge in [-0.2, -0.15) is 0 Å². The summed E-state index contributed by atoms with van der Waals surface area (Å²) < 4.78 is 8.18. The Kier molecular flexibility index (Phi) is 12.2. The second-order valence-electron chi connectivity index (χ2n) is 6.09. The van der Waals surface area contributed by atoms with E-state index < -0.39 is 5.97 Å². The number of aryl methyl sites for hydroxylation is 2. The Hall–Kier alpha value is -2.62. The van der Waals surface area contributed by atoms with Crippen LogP contribution in [0.4, 0.5) is 0 Å². The maximum Gasteiger partial charge on any atom is 0.318 e. The standard InChI is InChI=1S/C11H17N3O2.C9H10ClNO2S/c1-9-3-5-10(6-4-9)15-7-2-8-16-14-11(12)13;1-6-2-3-7(4-8(6)10)14-11-5-9(12)13/h3-6H,2,7-8H2,1H3,(H4,12,13,14);2-4,11H,5H2,1H3,(H,12,13). The van der Waals surface area contributed by atoms with Gasteiger partial charge in [-0.1, -0.05) is 35.4 Å². The quantitative estimate of drug-likeness (QED) is 0.141. The molecule has 0 amide bonds. The van der Waals surface area contributed by atoms with Crippen LogP contribution < -0.4 is 20.9 Å². The average Bonchev–Trinajstić information content (AvgIpc) is 2.69. The Labute approximate surface area is 185 Å². The molecule has 2 aromatic carbocycles. The zero-order valence-corrected chi connectivity index (χ0v) is 18.5. The number of oxime groups is 1. The zero-order valence-electron chi connectivity index (χ0n) is 16.9. The number of nitrogens with one attached hydrogen (secondary N) is 1. The van der Waals surface area contributed by atoms with E-state index in [9.17, 15) is 4.79 Å². The molecule has 0 saturated heterocycles. The molecule has 10 heteroatoms. The fraction of sp³-hybridized carbons (Fsp3) is 0.300. The van der Waals surface area contributed by atoms with Crippen molar-refractivity contribution in [1.29, 1.82) is 0 Å². The van der Waals surface area contributed by atoms with Crippen LogP contribution >= 0.6 is 23.5 Å². The Morgan fingerprint density at radius 2 is 1.87 bits per heavy atom. The lowest BCUT2D eigenvalue weighted by molar-refractivity contribution is -0.135. The minimum atomic E-state index is -0.879. The molecule has 0 aliphatic rings. The van der Waals surface area contributed by atoms with E-state index in [4.69, 9.17) is 37.7 Å². The van der Waals surface area contributed by atoms with Gasteiger partial charge in [-0.25, -0.2) is 4.72 Å². The molecule has 8 nitrogen and oxygen atoms in total. The fourth-order valence-corrected chi connectivity index (χ4v) is 2.81. The second kappa shape index (κ2) is 14.4. The second-order valence-corrected chi connectivity index (χ2v) is 7.46. The highest BCUT2D eigenvalue weighted by Crippen LogP contribution is 2.22. The third-order valence-electron chi connectivity index (χ3n) is 3.40. The van der Waals surface area contributed by atoms with E-state index >= 15 is 0 Å². The van der Waals surface area contributed by atoms with Gasteiger partial charge in [0.15, 0.2) is 0 Å². The van der Waals surface area contributed by atoms with Gasteiger partial charge in [0, 0.05) is 16.3 Å². The van der Waals surface area contributed by atoms with Crippen LogP contribution in [0.1, 0.15) is 17.5 Å². The van der Waals surface area contributed by atoms with Crippen LogP contribution in [0, 0.1) is 13.8 Å². The predicted octanol–water partition coefficient (Wildman–Crippen LogP) is 3.30. The summed E-state index contributed by atoms with van der Waals surface area (Å²) in [7, 11) is 0. The van der Waals surface area contributed by atoms with E-state index in [1.54, 1.807) is 6.07 Å². The van der Waals surface area contributed by atoms with E-state index in [2.05, 4.69) is 9.88 Å². The summed E-state index contributed by atoms with van der Waals surface area (Å²) in [5, 5.41) is 12.5. The van der Waals surface area contributed by atoms with Gasteiger partial charge in [-0.3, -0.25) is 4.79 Å². The molecule has 164 valence electrons. The van der Waals surface area contributed by atoms with Gasteiger partial charge < -0.3 is 26.1 Å². The summed E-state index contributed by atoms with van der Waals surface area (Å²) in [6, 6.07) is 13.5. The number of carboxylic acid groups (broad SMARTS) is 1. The number of halogens is 1. The van der Waals surface area contributed by atoms with E-state index in [-0.39, 0.29) is 12.5 Å². The van der Waals surface area contributed by atoms with E-state index in [1.165, 1.54) is 17.5 Å². The third-order valence-corrected chi connectivity index (χ3v) is 4.58. The summed E-state index contributed by atoms with van der Waals surface area (Å²) >= 11 is 7.15. The average molecular weight is 455 g/mol. The summed E-state index contributed by atoms with van der Waals surface area (Å²) in [5.74, 6) is -0.0948. The molecule has 0 heterocycles. The number of benzene rings is 2. The smallest absolute Gasteiger partial charge is 0.318 e. The van der Waals surface area contributed by atoms with Crippen LogP contribution in [-0.4, -0.2) is 36.8 Å². The van der Waals surface area contributed by atoms with Crippen molar-refractivity contribution in [3.8, 4) is 5.75 Å². The normalized spacial score (nSPS) is 9.83. The van der Waals surface area contributed by atoms with E-state index in [1.807, 2.05) is 50.2 Å². The Bertz CT molecular complexity index is 815. The predicted molar refractivity (Wildman–Crippen MR) is 121 cm³/mol. The van der Waals surface area contributed by atoms with Crippen molar-refractivity contribution < 1.29 is 19.5 Å². The molecule has 0 unspecified atom stereocenters.